The predicted octanol–water partition coefficient (Wildman–Crippen LogP) is -0.107. The summed E-state index contributed by atoms with van der Waals surface area (Å²) in [4.78, 5) is 11.0. The van der Waals surface area contributed by atoms with Crippen molar-refractivity contribution in [1.82, 2.24) is 0 Å². The molecule has 1 aliphatic heterocycles. The first-order valence-electron chi connectivity index (χ1n) is 4.86. The van der Waals surface area contributed by atoms with Crippen molar-refractivity contribution >= 4 is 15.8 Å². The standard InChI is InChI=1S/C9H16O5S/c1-6(2)9(12,8(10)11)7-3-4-15(13,14)5-7/h6-7,12H,3-5H2,1-2H3,(H,10,11). The Hall–Kier alpha value is -0.620. The zero-order chi connectivity index (χ0) is 11.9. The lowest BCUT2D eigenvalue weighted by Crippen LogP contribution is -2.50. The highest BCUT2D eigenvalue weighted by Crippen LogP contribution is 2.34. The average Bonchev–Trinajstić information content (AvgIpc) is 2.44. The van der Waals surface area contributed by atoms with Crippen LogP contribution in [0.25, 0.3) is 0 Å². The second-order valence-electron chi connectivity index (χ2n) is 4.39. The molecule has 1 rings (SSSR count). The van der Waals surface area contributed by atoms with E-state index in [1.807, 2.05) is 0 Å². The Morgan fingerprint density at radius 1 is 1.47 bits per heavy atom. The number of carboxylic acids is 1. The summed E-state index contributed by atoms with van der Waals surface area (Å²) >= 11 is 0. The summed E-state index contributed by atoms with van der Waals surface area (Å²) < 4.78 is 22.5. The molecule has 1 heterocycles. The van der Waals surface area contributed by atoms with Crippen LogP contribution in [0, 0.1) is 11.8 Å². The van der Waals surface area contributed by atoms with Gasteiger partial charge >= 0.3 is 5.97 Å². The molecule has 2 N–H and O–H groups in total. The number of carboxylic acid groups (broad SMARTS) is 1. The molecule has 0 saturated carbocycles. The van der Waals surface area contributed by atoms with E-state index in [2.05, 4.69) is 0 Å². The molecule has 1 saturated heterocycles. The fourth-order valence-corrected chi connectivity index (χ4v) is 3.88. The summed E-state index contributed by atoms with van der Waals surface area (Å²) in [5.74, 6) is -2.79. The van der Waals surface area contributed by atoms with Crippen molar-refractivity contribution in [1.29, 1.82) is 0 Å². The van der Waals surface area contributed by atoms with Gasteiger partial charge in [0.25, 0.3) is 0 Å². The van der Waals surface area contributed by atoms with Crippen molar-refractivity contribution in [2.75, 3.05) is 11.5 Å². The van der Waals surface area contributed by atoms with E-state index in [1.54, 1.807) is 13.8 Å². The molecule has 0 bridgehead atoms. The van der Waals surface area contributed by atoms with Crippen molar-refractivity contribution in [3.63, 3.8) is 0 Å². The zero-order valence-electron chi connectivity index (χ0n) is 8.80. The van der Waals surface area contributed by atoms with Crippen LogP contribution in [0.2, 0.25) is 0 Å². The molecule has 0 aromatic rings. The number of hydrogen-bond donors (Lipinski definition) is 2. The summed E-state index contributed by atoms with van der Waals surface area (Å²) in [7, 11) is -3.17. The van der Waals surface area contributed by atoms with Crippen LogP contribution in [0.3, 0.4) is 0 Å². The van der Waals surface area contributed by atoms with Gasteiger partial charge < -0.3 is 10.2 Å². The highest BCUT2D eigenvalue weighted by molar-refractivity contribution is 7.91. The van der Waals surface area contributed by atoms with Crippen molar-refractivity contribution in [2.45, 2.75) is 25.9 Å². The maximum atomic E-state index is 11.2. The van der Waals surface area contributed by atoms with E-state index in [1.165, 1.54) is 0 Å². The molecule has 6 heteroatoms. The predicted molar refractivity (Wildman–Crippen MR) is 54.2 cm³/mol. The highest BCUT2D eigenvalue weighted by atomic mass is 32.2. The van der Waals surface area contributed by atoms with Crippen LogP contribution in [-0.4, -0.2) is 41.7 Å². The minimum Gasteiger partial charge on any atom is -0.479 e. The third kappa shape index (κ3) is 2.15. The maximum absolute atomic E-state index is 11.2. The minimum atomic E-state index is -3.17. The molecule has 5 nitrogen and oxygen atoms in total. The van der Waals surface area contributed by atoms with Gasteiger partial charge in [-0.2, -0.15) is 0 Å². The SMILES string of the molecule is CC(C)C(O)(C(=O)O)C1CCS(=O)(=O)C1. The average molecular weight is 236 g/mol. The number of sulfone groups is 1. The third-order valence-corrected chi connectivity index (χ3v) is 4.85. The zero-order valence-corrected chi connectivity index (χ0v) is 9.62. The van der Waals surface area contributed by atoms with Crippen LogP contribution in [-0.2, 0) is 14.6 Å². The molecular weight excluding hydrogens is 220 g/mol. The van der Waals surface area contributed by atoms with E-state index in [0.717, 1.165) is 0 Å². The number of rotatable bonds is 3. The molecule has 88 valence electrons. The van der Waals surface area contributed by atoms with Crippen LogP contribution >= 0.6 is 0 Å². The highest BCUT2D eigenvalue weighted by Gasteiger charge is 2.50. The Morgan fingerprint density at radius 2 is 2.00 bits per heavy atom. The van der Waals surface area contributed by atoms with Gasteiger partial charge in [0.15, 0.2) is 15.4 Å². The van der Waals surface area contributed by atoms with Gasteiger partial charge in [-0.25, -0.2) is 13.2 Å². The molecule has 0 aromatic heterocycles. The van der Waals surface area contributed by atoms with Crippen LogP contribution < -0.4 is 0 Å². The van der Waals surface area contributed by atoms with Crippen molar-refractivity contribution in [2.24, 2.45) is 11.8 Å². The fraction of sp³-hybridized carbons (Fsp3) is 0.889. The summed E-state index contributed by atoms with van der Waals surface area (Å²) in [6, 6.07) is 0. The van der Waals surface area contributed by atoms with Crippen LogP contribution in [0.4, 0.5) is 0 Å². The lowest BCUT2D eigenvalue weighted by Gasteiger charge is -2.32. The van der Waals surface area contributed by atoms with Gasteiger partial charge in [-0.3, -0.25) is 0 Å². The summed E-state index contributed by atoms with van der Waals surface area (Å²) in [6.45, 7) is 3.16. The monoisotopic (exact) mass is 236 g/mol. The van der Waals surface area contributed by atoms with Gasteiger partial charge in [-0.05, 0) is 12.3 Å². The molecule has 15 heavy (non-hydrogen) atoms. The molecule has 2 unspecified atom stereocenters. The lowest BCUT2D eigenvalue weighted by molar-refractivity contribution is -0.170. The first-order valence-corrected chi connectivity index (χ1v) is 6.68. The third-order valence-electron chi connectivity index (χ3n) is 3.08. The van der Waals surface area contributed by atoms with E-state index in [-0.39, 0.29) is 17.9 Å². The molecule has 1 aliphatic rings. The van der Waals surface area contributed by atoms with E-state index in [4.69, 9.17) is 5.11 Å². The maximum Gasteiger partial charge on any atom is 0.336 e. The normalized spacial score (nSPS) is 28.9. The molecule has 0 amide bonds. The largest absolute Gasteiger partial charge is 0.479 e. The van der Waals surface area contributed by atoms with Gasteiger partial charge in [0.2, 0.25) is 0 Å². The van der Waals surface area contributed by atoms with Gasteiger partial charge in [0.05, 0.1) is 11.5 Å². The van der Waals surface area contributed by atoms with Crippen LogP contribution in [0.1, 0.15) is 20.3 Å². The number of aliphatic carboxylic acids is 1. The summed E-state index contributed by atoms with van der Waals surface area (Å²) in [5, 5.41) is 19.0. The number of hydrogen-bond acceptors (Lipinski definition) is 4. The van der Waals surface area contributed by atoms with E-state index < -0.39 is 33.2 Å². The quantitative estimate of drug-likeness (QED) is 0.713. The molecule has 0 aliphatic carbocycles. The Balaban J connectivity index is 2.99. The fourth-order valence-electron chi connectivity index (χ4n) is 2.04. The lowest BCUT2D eigenvalue weighted by atomic mass is 9.78. The molecule has 2 atom stereocenters. The Labute approximate surface area is 89.0 Å². The molecule has 0 radical (unpaired) electrons. The number of carbonyl (C=O) groups is 1. The van der Waals surface area contributed by atoms with Crippen molar-refractivity contribution < 1.29 is 23.4 Å². The Kier molecular flexibility index (Phi) is 3.11. The van der Waals surface area contributed by atoms with Gasteiger partial charge in [0.1, 0.15) is 0 Å². The second kappa shape index (κ2) is 3.75. The van der Waals surface area contributed by atoms with E-state index >= 15 is 0 Å². The molecular formula is C9H16O5S. The van der Waals surface area contributed by atoms with Gasteiger partial charge in [0, 0.05) is 5.92 Å². The summed E-state index contributed by atoms with van der Waals surface area (Å²) in [5.41, 5.74) is -1.93. The smallest absolute Gasteiger partial charge is 0.336 e. The topological polar surface area (TPSA) is 91.7 Å². The van der Waals surface area contributed by atoms with E-state index in [0.29, 0.717) is 0 Å². The Bertz CT molecular complexity index is 359. The minimum absolute atomic E-state index is 0.0278. The second-order valence-corrected chi connectivity index (χ2v) is 6.61. The first kappa shape index (κ1) is 12.4. The van der Waals surface area contributed by atoms with Crippen LogP contribution in [0.15, 0.2) is 0 Å². The first-order chi connectivity index (χ1) is 6.70. The van der Waals surface area contributed by atoms with Crippen molar-refractivity contribution in [3.8, 4) is 0 Å². The van der Waals surface area contributed by atoms with Gasteiger partial charge in [-0.15, -0.1) is 0 Å². The van der Waals surface area contributed by atoms with E-state index in [9.17, 15) is 18.3 Å². The number of aliphatic hydroxyl groups is 1. The molecule has 0 aromatic carbocycles. The summed E-state index contributed by atoms with van der Waals surface area (Å²) in [6.07, 6.45) is 0.226. The Morgan fingerprint density at radius 3 is 2.27 bits per heavy atom. The van der Waals surface area contributed by atoms with Crippen LogP contribution in [0.5, 0.6) is 0 Å². The van der Waals surface area contributed by atoms with Gasteiger partial charge in [-0.1, -0.05) is 13.8 Å². The molecule has 0 spiro atoms. The molecule has 1 fully saturated rings. The van der Waals surface area contributed by atoms with Crippen molar-refractivity contribution in [3.05, 3.63) is 0 Å².